The van der Waals surface area contributed by atoms with E-state index in [9.17, 15) is 4.39 Å². The highest BCUT2D eigenvalue weighted by Crippen LogP contribution is 2.15. The third-order valence-corrected chi connectivity index (χ3v) is 2.99. The second-order valence-electron chi connectivity index (χ2n) is 4.73. The quantitative estimate of drug-likeness (QED) is 0.838. The molecule has 20 heavy (non-hydrogen) atoms. The highest BCUT2D eigenvalue weighted by Gasteiger charge is 2.12. The maximum Gasteiger partial charge on any atom is 0.124 e. The van der Waals surface area contributed by atoms with Gasteiger partial charge in [-0.3, -0.25) is 4.90 Å². The summed E-state index contributed by atoms with van der Waals surface area (Å²) in [6, 6.07) is 6.91. The van der Waals surface area contributed by atoms with Gasteiger partial charge in [0.2, 0.25) is 0 Å². The fourth-order valence-corrected chi connectivity index (χ4v) is 1.87. The van der Waals surface area contributed by atoms with Crippen LogP contribution >= 0.6 is 0 Å². The molecule has 0 atom stereocenters. The first-order valence-corrected chi connectivity index (χ1v) is 6.57. The minimum atomic E-state index is -0.343. The first-order valence-electron chi connectivity index (χ1n) is 6.57. The number of hydrogen-bond acceptors (Lipinski definition) is 3. The Morgan fingerprint density at radius 3 is 2.75 bits per heavy atom. The van der Waals surface area contributed by atoms with Crippen molar-refractivity contribution in [3.8, 4) is 17.9 Å². The van der Waals surface area contributed by atoms with Gasteiger partial charge < -0.3 is 5.11 Å². The monoisotopic (exact) mass is 274 g/mol. The van der Waals surface area contributed by atoms with Gasteiger partial charge in [0.15, 0.2) is 0 Å². The molecule has 106 valence electrons. The number of aliphatic hydroxyl groups excluding tert-OH is 1. The molecule has 0 heterocycles. The van der Waals surface area contributed by atoms with E-state index in [1.165, 1.54) is 12.1 Å². The van der Waals surface area contributed by atoms with E-state index in [4.69, 9.17) is 10.4 Å². The molecule has 0 radical (unpaired) electrons. The van der Waals surface area contributed by atoms with Gasteiger partial charge in [-0.2, -0.15) is 5.26 Å². The summed E-state index contributed by atoms with van der Waals surface area (Å²) < 4.78 is 13.3. The molecule has 0 saturated carbocycles. The highest BCUT2D eigenvalue weighted by molar-refractivity contribution is 5.41. The van der Waals surface area contributed by atoms with Crippen LogP contribution in [0.25, 0.3) is 0 Å². The molecule has 0 aromatic heterocycles. The van der Waals surface area contributed by atoms with Gasteiger partial charge in [0.1, 0.15) is 12.4 Å². The van der Waals surface area contributed by atoms with E-state index in [0.29, 0.717) is 25.1 Å². The van der Waals surface area contributed by atoms with Gasteiger partial charge in [-0.1, -0.05) is 17.9 Å². The van der Waals surface area contributed by atoms with Crippen LogP contribution in [0.15, 0.2) is 18.2 Å². The van der Waals surface area contributed by atoms with Gasteiger partial charge in [0.25, 0.3) is 0 Å². The number of benzene rings is 1. The van der Waals surface area contributed by atoms with Crippen molar-refractivity contribution in [3.05, 3.63) is 35.1 Å². The zero-order valence-corrected chi connectivity index (χ0v) is 11.9. The van der Waals surface area contributed by atoms with Crippen LogP contribution in [0, 0.1) is 29.0 Å². The number of aliphatic hydroxyl groups is 1. The molecule has 0 amide bonds. The predicted octanol–water partition coefficient (Wildman–Crippen LogP) is 2.29. The van der Waals surface area contributed by atoms with Gasteiger partial charge in [-0.25, -0.2) is 4.39 Å². The van der Waals surface area contributed by atoms with Gasteiger partial charge in [0.05, 0.1) is 6.07 Å². The van der Waals surface area contributed by atoms with Gasteiger partial charge in [-0.15, -0.1) is 0 Å². The lowest BCUT2D eigenvalue weighted by atomic mass is 10.1. The number of halogens is 1. The average Bonchev–Trinajstić information content (AvgIpc) is 2.42. The van der Waals surface area contributed by atoms with Crippen LogP contribution in [0.5, 0.6) is 0 Å². The molecule has 0 aliphatic rings. The van der Waals surface area contributed by atoms with Gasteiger partial charge in [-0.05, 0) is 31.5 Å². The Balaban J connectivity index is 2.97. The van der Waals surface area contributed by atoms with Crippen LogP contribution in [0.2, 0.25) is 0 Å². The average molecular weight is 274 g/mol. The molecule has 4 heteroatoms. The Labute approximate surface area is 119 Å². The molecular formula is C16H19FN2O. The topological polar surface area (TPSA) is 47.3 Å². The summed E-state index contributed by atoms with van der Waals surface area (Å²) >= 11 is 0. The summed E-state index contributed by atoms with van der Waals surface area (Å²) in [7, 11) is 0. The number of nitriles is 1. The third-order valence-electron chi connectivity index (χ3n) is 2.99. The van der Waals surface area contributed by atoms with Crippen molar-refractivity contribution in [1.29, 1.82) is 5.26 Å². The maximum atomic E-state index is 13.3. The summed E-state index contributed by atoms with van der Waals surface area (Å²) in [5.74, 6) is 4.97. The lowest BCUT2D eigenvalue weighted by Crippen LogP contribution is -2.31. The normalized spacial score (nSPS) is 10.2. The van der Waals surface area contributed by atoms with Crippen molar-refractivity contribution in [2.45, 2.75) is 32.9 Å². The SMILES string of the molecule is CC(C)N(CCC#N)Cc1ccc(F)cc1C#CCO. The summed E-state index contributed by atoms with van der Waals surface area (Å²) in [4.78, 5) is 2.14. The second-order valence-corrected chi connectivity index (χ2v) is 4.73. The second kappa shape index (κ2) is 8.32. The van der Waals surface area contributed by atoms with Crippen LogP contribution < -0.4 is 0 Å². The standard InChI is InChI=1S/C16H19FN2O/c1-13(2)19(9-4-8-18)12-15-6-7-16(17)11-14(15)5-3-10-20/h6-7,11,13,20H,4,9-10,12H2,1-2H3. The summed E-state index contributed by atoms with van der Waals surface area (Å²) in [5.41, 5.74) is 1.49. The van der Waals surface area contributed by atoms with E-state index in [1.54, 1.807) is 6.07 Å². The number of rotatable bonds is 5. The maximum absolute atomic E-state index is 13.3. The molecule has 1 N–H and O–H groups in total. The molecule has 1 aromatic rings. The molecular weight excluding hydrogens is 255 g/mol. The van der Waals surface area contributed by atoms with E-state index < -0.39 is 0 Å². The van der Waals surface area contributed by atoms with Crippen molar-refractivity contribution >= 4 is 0 Å². The first kappa shape index (κ1) is 16.2. The summed E-state index contributed by atoms with van der Waals surface area (Å²) in [6.45, 7) is 5.13. The van der Waals surface area contributed by atoms with Gasteiger partial charge in [0, 0.05) is 31.1 Å². The van der Waals surface area contributed by atoms with Crippen LogP contribution in [0.1, 0.15) is 31.4 Å². The number of nitrogens with zero attached hydrogens (tertiary/aromatic N) is 2. The predicted molar refractivity (Wildman–Crippen MR) is 76.1 cm³/mol. The van der Waals surface area contributed by atoms with Crippen LogP contribution in [-0.2, 0) is 6.54 Å². The lowest BCUT2D eigenvalue weighted by Gasteiger charge is -2.26. The van der Waals surface area contributed by atoms with E-state index in [-0.39, 0.29) is 18.5 Å². The van der Waals surface area contributed by atoms with Gasteiger partial charge >= 0.3 is 0 Å². The number of hydrogen-bond donors (Lipinski definition) is 1. The Morgan fingerprint density at radius 1 is 1.40 bits per heavy atom. The zero-order chi connectivity index (χ0) is 15.0. The van der Waals surface area contributed by atoms with Crippen molar-refractivity contribution in [2.75, 3.05) is 13.2 Å². The third kappa shape index (κ3) is 5.01. The fourth-order valence-electron chi connectivity index (χ4n) is 1.87. The Morgan fingerprint density at radius 2 is 2.15 bits per heavy atom. The molecule has 0 fully saturated rings. The van der Waals surface area contributed by atoms with E-state index in [2.05, 4.69) is 36.7 Å². The summed E-state index contributed by atoms with van der Waals surface area (Å²) in [6.07, 6.45) is 0.455. The molecule has 0 saturated heterocycles. The molecule has 3 nitrogen and oxygen atoms in total. The zero-order valence-electron chi connectivity index (χ0n) is 11.9. The smallest absolute Gasteiger partial charge is 0.124 e. The minimum absolute atomic E-state index is 0.252. The largest absolute Gasteiger partial charge is 0.384 e. The van der Waals surface area contributed by atoms with Crippen LogP contribution in [-0.4, -0.2) is 29.2 Å². The fraction of sp³-hybridized carbons (Fsp3) is 0.438. The minimum Gasteiger partial charge on any atom is -0.384 e. The molecule has 0 aliphatic carbocycles. The Bertz CT molecular complexity index is 538. The molecule has 1 aromatic carbocycles. The molecule has 0 bridgehead atoms. The molecule has 0 spiro atoms. The van der Waals surface area contributed by atoms with E-state index >= 15 is 0 Å². The molecule has 0 aliphatic heterocycles. The molecule has 1 rings (SSSR count). The van der Waals surface area contributed by atoms with Crippen molar-refractivity contribution < 1.29 is 9.50 Å². The molecule has 0 unspecified atom stereocenters. The first-order chi connectivity index (χ1) is 9.58. The van der Waals surface area contributed by atoms with E-state index in [1.807, 2.05) is 0 Å². The summed E-state index contributed by atoms with van der Waals surface area (Å²) in [5, 5.41) is 17.5. The highest BCUT2D eigenvalue weighted by atomic mass is 19.1. The van der Waals surface area contributed by atoms with E-state index in [0.717, 1.165) is 5.56 Å². The van der Waals surface area contributed by atoms with Crippen molar-refractivity contribution in [2.24, 2.45) is 0 Å². The van der Waals surface area contributed by atoms with Crippen LogP contribution in [0.3, 0.4) is 0 Å². The van der Waals surface area contributed by atoms with Crippen LogP contribution in [0.4, 0.5) is 4.39 Å². The Kier molecular flexibility index (Phi) is 6.73. The van der Waals surface area contributed by atoms with Crippen molar-refractivity contribution in [3.63, 3.8) is 0 Å². The Hall–Kier alpha value is -1.88. The van der Waals surface area contributed by atoms with Crippen molar-refractivity contribution in [1.82, 2.24) is 4.90 Å². The lowest BCUT2D eigenvalue weighted by molar-refractivity contribution is 0.217.